The number of fused-ring (bicyclic) bond motifs is 1. The summed E-state index contributed by atoms with van der Waals surface area (Å²) < 4.78 is 73.2. The van der Waals surface area contributed by atoms with Crippen LogP contribution in [0.3, 0.4) is 0 Å². The number of carbonyl (C=O) groups excluding carboxylic acids is 2. The van der Waals surface area contributed by atoms with E-state index in [0.29, 0.717) is 22.6 Å². The Kier molecular flexibility index (Phi) is 6.92. The fraction of sp³-hybridized carbons (Fsp3) is 0.615. The Bertz CT molecular complexity index is 1440. The van der Waals surface area contributed by atoms with Crippen LogP contribution in [-0.2, 0) is 11.2 Å². The van der Waals surface area contributed by atoms with Gasteiger partial charge in [0.05, 0.1) is 24.1 Å². The van der Waals surface area contributed by atoms with E-state index >= 15 is 0 Å². The zero-order valence-electron chi connectivity index (χ0n) is 21.8. The van der Waals surface area contributed by atoms with Crippen molar-refractivity contribution in [2.75, 3.05) is 0 Å². The predicted molar refractivity (Wildman–Crippen MR) is 131 cm³/mol. The number of imidazole rings is 1. The van der Waals surface area contributed by atoms with Gasteiger partial charge in [0.25, 0.3) is 5.91 Å². The van der Waals surface area contributed by atoms with Crippen LogP contribution in [-0.4, -0.2) is 54.9 Å². The van der Waals surface area contributed by atoms with Gasteiger partial charge in [-0.25, -0.2) is 22.9 Å². The normalized spacial score (nSPS) is 24.3. The van der Waals surface area contributed by atoms with Crippen LogP contribution in [0.2, 0.25) is 0 Å². The van der Waals surface area contributed by atoms with Crippen molar-refractivity contribution in [2.24, 2.45) is 11.8 Å². The van der Waals surface area contributed by atoms with Gasteiger partial charge in [0.15, 0.2) is 11.3 Å². The zero-order chi connectivity index (χ0) is 28.9. The maximum absolute atomic E-state index is 14.0. The van der Waals surface area contributed by atoms with Crippen LogP contribution in [0.25, 0.3) is 5.65 Å². The molecule has 0 unspecified atom stereocenters. The predicted octanol–water partition coefficient (Wildman–Crippen LogP) is 4.29. The lowest BCUT2D eigenvalue weighted by Gasteiger charge is -2.33. The van der Waals surface area contributed by atoms with Crippen molar-refractivity contribution in [2.45, 2.75) is 87.9 Å². The average Bonchev–Trinajstić information content (AvgIpc) is 3.48. The highest BCUT2D eigenvalue weighted by Gasteiger charge is 2.44. The fourth-order valence-corrected chi connectivity index (χ4v) is 5.80. The van der Waals surface area contributed by atoms with E-state index in [1.807, 2.05) is 0 Å². The Morgan fingerprint density at radius 3 is 2.59 bits per heavy atom. The highest BCUT2D eigenvalue weighted by molar-refractivity contribution is 5.93. The van der Waals surface area contributed by atoms with Crippen LogP contribution in [0.5, 0.6) is 0 Å². The van der Waals surface area contributed by atoms with E-state index in [-0.39, 0.29) is 62.5 Å². The second kappa shape index (κ2) is 10.3. The number of carbonyl (C=O) groups is 2. The van der Waals surface area contributed by atoms with Gasteiger partial charge in [-0.1, -0.05) is 5.16 Å². The Hall–Kier alpha value is -3.65. The van der Waals surface area contributed by atoms with Crippen LogP contribution in [0.4, 0.5) is 22.0 Å². The molecule has 10 nitrogen and oxygen atoms in total. The topological polar surface area (TPSA) is 127 Å². The maximum Gasteiger partial charge on any atom is 0.408 e. The van der Waals surface area contributed by atoms with Gasteiger partial charge in [0, 0.05) is 24.7 Å². The minimum absolute atomic E-state index is 0.0707. The third-order valence-corrected chi connectivity index (χ3v) is 8.30. The molecule has 15 heteroatoms. The van der Waals surface area contributed by atoms with Crippen molar-refractivity contribution in [3.05, 3.63) is 41.1 Å². The van der Waals surface area contributed by atoms with E-state index in [4.69, 9.17) is 4.63 Å². The van der Waals surface area contributed by atoms with Gasteiger partial charge >= 0.3 is 6.18 Å². The molecule has 2 amide bonds. The second-order valence-electron chi connectivity index (χ2n) is 11.3. The largest absolute Gasteiger partial charge is 0.408 e. The first-order chi connectivity index (χ1) is 19.5. The van der Waals surface area contributed by atoms with Crippen LogP contribution in [0, 0.1) is 11.8 Å². The van der Waals surface area contributed by atoms with Gasteiger partial charge in [-0.2, -0.15) is 18.3 Å². The van der Waals surface area contributed by atoms with E-state index in [9.17, 15) is 31.5 Å². The molecule has 0 spiro atoms. The molecule has 1 aliphatic heterocycles. The molecule has 0 aromatic carbocycles. The molecule has 6 rings (SSSR count). The monoisotopic (exact) mass is 581 g/mol. The number of hydrogen-bond acceptors (Lipinski definition) is 7. The third-order valence-electron chi connectivity index (χ3n) is 8.30. The SMILES string of the molecule is O=C(N[C@H](c1cn2ncc(C[C@H]3CC[C@@H](C(F)(F)F)NC3=O)cc2n1)C1CCC(F)(F)CC1)c1nonc1C1CC1. The van der Waals surface area contributed by atoms with E-state index in [2.05, 4.69) is 31.0 Å². The third kappa shape index (κ3) is 5.89. The number of halogens is 5. The summed E-state index contributed by atoms with van der Waals surface area (Å²) in [4.78, 5) is 30.2. The molecular weight excluding hydrogens is 553 g/mol. The van der Waals surface area contributed by atoms with Gasteiger partial charge in [0.1, 0.15) is 11.7 Å². The number of nitrogens with zero attached hydrogens (tertiary/aromatic N) is 5. The molecule has 1 saturated heterocycles. The Labute approximate surface area is 230 Å². The van der Waals surface area contributed by atoms with Crippen LogP contribution in [0.15, 0.2) is 23.1 Å². The Morgan fingerprint density at radius 1 is 1.15 bits per heavy atom. The van der Waals surface area contributed by atoms with Gasteiger partial charge in [-0.15, -0.1) is 0 Å². The summed E-state index contributed by atoms with van der Waals surface area (Å²) in [5, 5.41) is 17.0. The number of rotatable bonds is 7. The molecule has 41 heavy (non-hydrogen) atoms. The fourth-order valence-electron chi connectivity index (χ4n) is 5.80. The molecule has 0 radical (unpaired) electrons. The van der Waals surface area contributed by atoms with Gasteiger partial charge < -0.3 is 10.6 Å². The summed E-state index contributed by atoms with van der Waals surface area (Å²) in [6, 6.07) is -0.877. The molecule has 0 bridgehead atoms. The average molecular weight is 582 g/mol. The highest BCUT2D eigenvalue weighted by Crippen LogP contribution is 2.43. The van der Waals surface area contributed by atoms with Crippen molar-refractivity contribution >= 4 is 17.5 Å². The van der Waals surface area contributed by atoms with Gasteiger partial charge in [-0.05, 0) is 67.7 Å². The van der Waals surface area contributed by atoms with Crippen LogP contribution in [0.1, 0.15) is 90.8 Å². The molecule has 3 aliphatic rings. The summed E-state index contributed by atoms with van der Waals surface area (Å²) >= 11 is 0. The van der Waals surface area contributed by atoms with Crippen molar-refractivity contribution in [3.63, 3.8) is 0 Å². The summed E-state index contributed by atoms with van der Waals surface area (Å²) in [5.41, 5.74) is 1.98. The minimum Gasteiger partial charge on any atom is -0.344 e. The molecule has 2 N–H and O–H groups in total. The smallest absolute Gasteiger partial charge is 0.344 e. The Balaban J connectivity index is 1.22. The lowest BCUT2D eigenvalue weighted by Crippen LogP contribution is -2.51. The number of alkyl halides is 5. The van der Waals surface area contributed by atoms with E-state index in [0.717, 1.165) is 12.8 Å². The summed E-state index contributed by atoms with van der Waals surface area (Å²) in [6.45, 7) is 0. The molecule has 4 heterocycles. The number of amides is 2. The van der Waals surface area contributed by atoms with Gasteiger partial charge in [0.2, 0.25) is 11.8 Å². The summed E-state index contributed by atoms with van der Waals surface area (Å²) in [5.74, 6) is -4.80. The molecular formula is C26H28F5N7O3. The minimum atomic E-state index is -4.49. The molecule has 3 atom stereocenters. The molecule has 3 aromatic rings. The van der Waals surface area contributed by atoms with E-state index in [1.165, 1.54) is 10.7 Å². The van der Waals surface area contributed by atoms with E-state index < -0.39 is 41.9 Å². The standard InChI is InChI=1S/C26H28F5N7O3/c27-25(28)7-5-15(6-8-25)20(35-24(40)22-21(14-1-2-14)36-41-37-22)17-12-38-19(33-17)10-13(11-32-38)9-16-3-4-18(26(29,30)31)34-23(16)39/h10-12,14-16,18,20H,1-9H2,(H,34,39)(H,35,40)/t16-,18+,20+/m1/s1. The van der Waals surface area contributed by atoms with Crippen molar-refractivity contribution < 1.29 is 36.2 Å². The first-order valence-electron chi connectivity index (χ1n) is 13.7. The van der Waals surface area contributed by atoms with Crippen molar-refractivity contribution in [3.8, 4) is 0 Å². The lowest BCUT2D eigenvalue weighted by molar-refractivity contribution is -0.169. The molecule has 3 aromatic heterocycles. The number of hydrogen-bond donors (Lipinski definition) is 2. The molecule has 2 aliphatic carbocycles. The second-order valence-corrected chi connectivity index (χ2v) is 11.3. The number of nitrogens with one attached hydrogen (secondary N) is 2. The number of piperidine rings is 1. The Morgan fingerprint density at radius 2 is 1.90 bits per heavy atom. The van der Waals surface area contributed by atoms with Crippen molar-refractivity contribution in [1.82, 2.24) is 35.5 Å². The van der Waals surface area contributed by atoms with E-state index in [1.54, 1.807) is 12.3 Å². The summed E-state index contributed by atoms with van der Waals surface area (Å²) in [7, 11) is 0. The highest BCUT2D eigenvalue weighted by atomic mass is 19.4. The number of aromatic nitrogens is 5. The van der Waals surface area contributed by atoms with Crippen molar-refractivity contribution in [1.29, 1.82) is 0 Å². The lowest BCUT2D eigenvalue weighted by atomic mass is 9.81. The first kappa shape index (κ1) is 27.5. The molecule has 220 valence electrons. The quantitative estimate of drug-likeness (QED) is 0.399. The zero-order valence-corrected chi connectivity index (χ0v) is 21.8. The van der Waals surface area contributed by atoms with Crippen LogP contribution < -0.4 is 10.6 Å². The van der Waals surface area contributed by atoms with Gasteiger partial charge in [-0.3, -0.25) is 9.59 Å². The first-order valence-corrected chi connectivity index (χ1v) is 13.7. The molecule has 2 saturated carbocycles. The molecule has 3 fully saturated rings. The summed E-state index contributed by atoms with van der Waals surface area (Å²) in [6.07, 6.45) is 0.188. The van der Waals surface area contributed by atoms with Crippen LogP contribution >= 0.6 is 0 Å². The maximum atomic E-state index is 14.0.